The maximum Gasteiger partial charge on any atom is 0.433 e. The van der Waals surface area contributed by atoms with Gasteiger partial charge in [-0.05, 0) is 43.2 Å². The van der Waals surface area contributed by atoms with Crippen molar-refractivity contribution >= 4 is 0 Å². The van der Waals surface area contributed by atoms with E-state index in [1.165, 1.54) is 0 Å². The molecule has 0 aliphatic rings. The second kappa shape index (κ2) is 5.20. The topological polar surface area (TPSA) is 53.4 Å². The fourth-order valence-corrected chi connectivity index (χ4v) is 1.90. The molecule has 0 fully saturated rings. The lowest BCUT2D eigenvalue weighted by atomic mass is 10.0. The zero-order valence-corrected chi connectivity index (χ0v) is 11.2. The van der Waals surface area contributed by atoms with Gasteiger partial charge in [0.1, 0.15) is 11.7 Å². The second-order valence-corrected chi connectivity index (χ2v) is 4.75. The molecule has 0 aliphatic carbocycles. The van der Waals surface area contributed by atoms with Gasteiger partial charge in [-0.2, -0.15) is 13.2 Å². The van der Waals surface area contributed by atoms with Gasteiger partial charge in [0.2, 0.25) is 0 Å². The summed E-state index contributed by atoms with van der Waals surface area (Å²) < 4.78 is 38.0. The van der Waals surface area contributed by atoms with Gasteiger partial charge in [-0.25, -0.2) is 0 Å². The van der Waals surface area contributed by atoms with Crippen molar-refractivity contribution in [2.45, 2.75) is 26.1 Å². The zero-order chi connectivity index (χ0) is 14.9. The molecule has 2 heterocycles. The molecule has 6 heteroatoms. The molecule has 1 unspecified atom stereocenters. The van der Waals surface area contributed by atoms with Crippen molar-refractivity contribution in [1.29, 1.82) is 0 Å². The van der Waals surface area contributed by atoms with Crippen LogP contribution in [0.3, 0.4) is 0 Å². The van der Waals surface area contributed by atoms with Gasteiger partial charge in [-0.1, -0.05) is 0 Å². The van der Waals surface area contributed by atoms with Crippen molar-refractivity contribution in [2.75, 3.05) is 0 Å². The van der Waals surface area contributed by atoms with Crippen molar-refractivity contribution in [3.05, 3.63) is 47.5 Å². The van der Waals surface area contributed by atoms with Crippen LogP contribution in [0.1, 0.15) is 29.9 Å². The summed E-state index contributed by atoms with van der Waals surface area (Å²) in [5.41, 5.74) is 5.79. The van der Waals surface area contributed by atoms with E-state index in [2.05, 4.69) is 15.7 Å². The van der Waals surface area contributed by atoms with Crippen molar-refractivity contribution in [2.24, 2.45) is 0 Å². The molecule has 1 atom stereocenters. The number of hydrogen-bond donors (Lipinski definition) is 1. The zero-order valence-electron chi connectivity index (χ0n) is 11.2. The molecule has 0 spiro atoms. The molecule has 3 N–H and O–H groups in total. The van der Waals surface area contributed by atoms with Crippen LogP contribution in [0.2, 0.25) is 0 Å². The van der Waals surface area contributed by atoms with Gasteiger partial charge in [-0.15, -0.1) is 0 Å². The number of hydrogen-bond acceptors (Lipinski definition) is 2. The predicted molar refractivity (Wildman–Crippen MR) is 68.5 cm³/mol. The smallest absolute Gasteiger partial charge is 0.350 e. The van der Waals surface area contributed by atoms with Crippen LogP contribution < -0.4 is 5.73 Å². The Morgan fingerprint density at radius 1 is 1.20 bits per heavy atom. The SMILES string of the molecule is Cc1cc(C(C)[NH3+])ncc1-c1ccnc(C(F)(F)F)c1. The molecule has 3 nitrogen and oxygen atoms in total. The van der Waals surface area contributed by atoms with E-state index in [9.17, 15) is 13.2 Å². The van der Waals surface area contributed by atoms with Gasteiger partial charge >= 0.3 is 6.18 Å². The third kappa shape index (κ3) is 2.96. The number of alkyl halides is 3. The number of pyridine rings is 2. The Morgan fingerprint density at radius 2 is 1.90 bits per heavy atom. The van der Waals surface area contributed by atoms with Gasteiger partial charge < -0.3 is 5.73 Å². The maximum absolute atomic E-state index is 12.7. The normalized spacial score (nSPS) is 13.3. The Kier molecular flexibility index (Phi) is 3.76. The van der Waals surface area contributed by atoms with E-state index in [0.29, 0.717) is 11.1 Å². The number of aromatic nitrogens is 2. The molecular formula is C14H15F3N3+. The second-order valence-electron chi connectivity index (χ2n) is 4.75. The van der Waals surface area contributed by atoms with E-state index in [1.807, 2.05) is 19.9 Å². The largest absolute Gasteiger partial charge is 0.433 e. The average molecular weight is 282 g/mol. The van der Waals surface area contributed by atoms with Crippen LogP contribution in [-0.4, -0.2) is 9.97 Å². The van der Waals surface area contributed by atoms with Crippen LogP contribution in [0.5, 0.6) is 0 Å². The van der Waals surface area contributed by atoms with Gasteiger partial charge in [0.05, 0.1) is 5.69 Å². The van der Waals surface area contributed by atoms with Gasteiger partial charge in [0.15, 0.2) is 0 Å². The van der Waals surface area contributed by atoms with Crippen LogP contribution in [0.15, 0.2) is 30.6 Å². The fraction of sp³-hybridized carbons (Fsp3) is 0.286. The Balaban J connectivity index is 2.47. The highest BCUT2D eigenvalue weighted by Crippen LogP contribution is 2.31. The first-order chi connectivity index (χ1) is 9.29. The highest BCUT2D eigenvalue weighted by molar-refractivity contribution is 5.66. The monoisotopic (exact) mass is 282 g/mol. The molecule has 0 radical (unpaired) electrons. The Morgan fingerprint density at radius 3 is 2.45 bits per heavy atom. The molecule has 2 aromatic rings. The summed E-state index contributed by atoms with van der Waals surface area (Å²) in [4.78, 5) is 7.60. The molecule has 0 saturated heterocycles. The molecule has 0 aromatic carbocycles. The first-order valence-electron chi connectivity index (χ1n) is 6.12. The molecule has 0 amide bonds. The lowest BCUT2D eigenvalue weighted by Gasteiger charge is -2.11. The number of quaternary nitrogens is 1. The van der Waals surface area contributed by atoms with E-state index >= 15 is 0 Å². The highest BCUT2D eigenvalue weighted by atomic mass is 19.4. The van der Waals surface area contributed by atoms with Gasteiger partial charge in [0, 0.05) is 18.0 Å². The molecule has 0 aliphatic heterocycles. The number of halogens is 3. The minimum Gasteiger partial charge on any atom is -0.350 e. The van der Waals surface area contributed by atoms with Crippen LogP contribution in [0, 0.1) is 6.92 Å². The van der Waals surface area contributed by atoms with Gasteiger partial charge in [-0.3, -0.25) is 9.97 Å². The highest BCUT2D eigenvalue weighted by Gasteiger charge is 2.32. The molecule has 0 bridgehead atoms. The molecule has 20 heavy (non-hydrogen) atoms. The van der Waals surface area contributed by atoms with Crippen LogP contribution >= 0.6 is 0 Å². The van der Waals surface area contributed by atoms with Crippen molar-refractivity contribution in [3.63, 3.8) is 0 Å². The summed E-state index contributed by atoms with van der Waals surface area (Å²) in [6.45, 7) is 3.76. The lowest BCUT2D eigenvalue weighted by molar-refractivity contribution is -0.421. The van der Waals surface area contributed by atoms with E-state index in [1.54, 1.807) is 12.3 Å². The Hall–Kier alpha value is -1.95. The number of nitrogens with zero attached hydrogens (tertiary/aromatic N) is 2. The summed E-state index contributed by atoms with van der Waals surface area (Å²) in [5.74, 6) is 0. The summed E-state index contributed by atoms with van der Waals surface area (Å²) in [5, 5.41) is 0. The van der Waals surface area contributed by atoms with Crippen LogP contribution in [0.4, 0.5) is 13.2 Å². The fourth-order valence-electron chi connectivity index (χ4n) is 1.90. The molecule has 2 rings (SSSR count). The third-order valence-corrected chi connectivity index (χ3v) is 3.00. The average Bonchev–Trinajstić information content (AvgIpc) is 2.37. The summed E-state index contributed by atoms with van der Waals surface area (Å²) >= 11 is 0. The Bertz CT molecular complexity index is 621. The summed E-state index contributed by atoms with van der Waals surface area (Å²) in [7, 11) is 0. The molecular weight excluding hydrogens is 267 g/mol. The lowest BCUT2D eigenvalue weighted by Crippen LogP contribution is -2.52. The van der Waals surface area contributed by atoms with E-state index in [-0.39, 0.29) is 6.04 Å². The Labute approximate surface area is 114 Å². The van der Waals surface area contributed by atoms with E-state index in [4.69, 9.17) is 0 Å². The molecule has 2 aromatic heterocycles. The van der Waals surface area contributed by atoms with Crippen molar-refractivity contribution in [1.82, 2.24) is 9.97 Å². The summed E-state index contributed by atoms with van der Waals surface area (Å²) in [6, 6.07) is 4.47. The first-order valence-corrected chi connectivity index (χ1v) is 6.12. The number of aryl methyl sites for hydroxylation is 1. The molecule has 0 saturated carbocycles. The van der Waals surface area contributed by atoms with E-state index < -0.39 is 11.9 Å². The van der Waals surface area contributed by atoms with E-state index in [0.717, 1.165) is 23.5 Å². The number of rotatable bonds is 2. The van der Waals surface area contributed by atoms with Crippen LogP contribution in [0.25, 0.3) is 11.1 Å². The van der Waals surface area contributed by atoms with Crippen molar-refractivity contribution in [3.8, 4) is 11.1 Å². The minimum atomic E-state index is -4.45. The first kappa shape index (κ1) is 14.5. The minimum absolute atomic E-state index is 0.0333. The third-order valence-electron chi connectivity index (χ3n) is 3.00. The van der Waals surface area contributed by atoms with Crippen LogP contribution in [-0.2, 0) is 6.18 Å². The van der Waals surface area contributed by atoms with Crippen molar-refractivity contribution < 1.29 is 18.9 Å². The quantitative estimate of drug-likeness (QED) is 0.920. The standard InChI is InChI=1S/C14H14F3N3/c1-8-5-12(9(2)18)20-7-11(8)10-3-4-19-13(6-10)14(15,16)17/h3-7,9H,18H2,1-2H3/p+1. The van der Waals surface area contributed by atoms with Gasteiger partial charge in [0.25, 0.3) is 0 Å². The molecule has 106 valence electrons. The summed E-state index contributed by atoms with van der Waals surface area (Å²) in [6.07, 6.45) is -1.70. The predicted octanol–water partition coefficient (Wildman–Crippen LogP) is 2.77. The maximum atomic E-state index is 12.7.